The van der Waals surface area contributed by atoms with Crippen LogP contribution in [0.3, 0.4) is 0 Å². The Labute approximate surface area is 170 Å². The maximum Gasteiger partial charge on any atom is 0.220 e. The normalized spacial score (nSPS) is 15.8. The van der Waals surface area contributed by atoms with Crippen molar-refractivity contribution in [1.29, 1.82) is 0 Å². The van der Waals surface area contributed by atoms with Crippen LogP contribution in [0.15, 0.2) is 28.8 Å². The molecule has 0 aliphatic carbocycles. The Morgan fingerprint density at radius 1 is 1.33 bits per heavy atom. The number of piperidine rings is 1. The zero-order chi connectivity index (χ0) is 19.2. The Morgan fingerprint density at radius 2 is 2.11 bits per heavy atom. The number of aryl methyl sites for hydroxylation is 1. The molecule has 0 spiro atoms. The van der Waals surface area contributed by atoms with Gasteiger partial charge in [-0.1, -0.05) is 30.1 Å². The number of hydrogen-bond donors (Lipinski definition) is 1. The molecule has 0 saturated carbocycles. The maximum atomic E-state index is 12.2. The van der Waals surface area contributed by atoms with Gasteiger partial charge in [-0.2, -0.15) is 0 Å². The van der Waals surface area contributed by atoms with E-state index in [1.807, 2.05) is 0 Å². The lowest BCUT2D eigenvalue weighted by Crippen LogP contribution is -2.44. The first-order valence-corrected chi connectivity index (χ1v) is 10.2. The van der Waals surface area contributed by atoms with Gasteiger partial charge in [0.25, 0.3) is 0 Å². The molecule has 1 N–H and O–H groups in total. The summed E-state index contributed by atoms with van der Waals surface area (Å²) in [5.41, 5.74) is 0.739. The van der Waals surface area contributed by atoms with Gasteiger partial charge in [0.1, 0.15) is 0 Å². The fourth-order valence-corrected chi connectivity index (χ4v) is 3.88. The van der Waals surface area contributed by atoms with Gasteiger partial charge in [0.15, 0.2) is 11.7 Å². The molecular formula is C20H25Cl2N3O2. The highest BCUT2D eigenvalue weighted by atomic mass is 35.5. The predicted molar refractivity (Wildman–Crippen MR) is 108 cm³/mol. The minimum Gasteiger partial charge on any atom is -0.441 e. The highest BCUT2D eigenvalue weighted by Crippen LogP contribution is 2.30. The van der Waals surface area contributed by atoms with Crippen LogP contribution >= 0.6 is 23.2 Å². The van der Waals surface area contributed by atoms with E-state index < -0.39 is 0 Å². The third-order valence-electron chi connectivity index (χ3n) is 4.81. The Kier molecular flexibility index (Phi) is 7.16. The van der Waals surface area contributed by atoms with Crippen molar-refractivity contribution >= 4 is 29.1 Å². The predicted octanol–water partition coefficient (Wildman–Crippen LogP) is 4.57. The second kappa shape index (κ2) is 9.58. The molecule has 1 aromatic heterocycles. The molecule has 2 aromatic rings. The SMILES string of the molecule is CCCN1CCC(NC(=O)CCc2ncc(-c3ccc(Cl)cc3Cl)o2)CC1. The smallest absolute Gasteiger partial charge is 0.220 e. The molecule has 1 aliphatic heterocycles. The summed E-state index contributed by atoms with van der Waals surface area (Å²) in [6.45, 7) is 5.46. The van der Waals surface area contributed by atoms with E-state index in [0.717, 1.165) is 38.0 Å². The highest BCUT2D eigenvalue weighted by Gasteiger charge is 2.20. The Hall–Kier alpha value is -1.56. The standard InChI is InChI=1S/C20H25Cl2N3O2/c1-2-9-25-10-7-15(8-11-25)24-19(26)5-6-20-23-13-18(27-20)16-4-3-14(21)12-17(16)22/h3-4,12-13,15H,2,5-11H2,1H3,(H,24,26). The van der Waals surface area contributed by atoms with Gasteiger partial charge in [0.05, 0.1) is 11.2 Å². The summed E-state index contributed by atoms with van der Waals surface area (Å²) in [7, 11) is 0. The van der Waals surface area contributed by atoms with Crippen LogP contribution in [0.1, 0.15) is 38.5 Å². The average Bonchev–Trinajstić information content (AvgIpc) is 3.10. The number of aromatic nitrogens is 1. The summed E-state index contributed by atoms with van der Waals surface area (Å²) < 4.78 is 5.75. The summed E-state index contributed by atoms with van der Waals surface area (Å²) in [6, 6.07) is 5.50. The number of rotatable bonds is 7. The maximum absolute atomic E-state index is 12.2. The lowest BCUT2D eigenvalue weighted by molar-refractivity contribution is -0.122. The van der Waals surface area contributed by atoms with Crippen molar-refractivity contribution in [3.63, 3.8) is 0 Å². The number of benzene rings is 1. The van der Waals surface area contributed by atoms with Crippen molar-refractivity contribution in [2.45, 2.75) is 45.1 Å². The van der Waals surface area contributed by atoms with Gasteiger partial charge in [-0.05, 0) is 44.0 Å². The van der Waals surface area contributed by atoms with E-state index in [0.29, 0.717) is 34.5 Å². The number of carbonyl (C=O) groups is 1. The molecule has 3 rings (SSSR count). The van der Waals surface area contributed by atoms with Gasteiger partial charge in [-0.3, -0.25) is 4.79 Å². The second-order valence-corrected chi connectivity index (χ2v) is 7.77. The van der Waals surface area contributed by atoms with E-state index in [1.165, 1.54) is 6.42 Å². The fourth-order valence-electron chi connectivity index (χ4n) is 3.38. The van der Waals surface area contributed by atoms with Crippen LogP contribution in [-0.2, 0) is 11.2 Å². The van der Waals surface area contributed by atoms with E-state index in [9.17, 15) is 4.79 Å². The van der Waals surface area contributed by atoms with Gasteiger partial charge >= 0.3 is 0 Å². The number of likely N-dealkylation sites (tertiary alicyclic amines) is 1. The second-order valence-electron chi connectivity index (χ2n) is 6.93. The molecule has 146 valence electrons. The van der Waals surface area contributed by atoms with Crippen LogP contribution in [0.4, 0.5) is 0 Å². The van der Waals surface area contributed by atoms with Gasteiger partial charge in [-0.25, -0.2) is 4.98 Å². The summed E-state index contributed by atoms with van der Waals surface area (Å²) in [6.07, 6.45) is 5.67. The van der Waals surface area contributed by atoms with Crippen LogP contribution in [0.25, 0.3) is 11.3 Å². The number of nitrogens with zero attached hydrogens (tertiary/aromatic N) is 2. The molecule has 1 amide bonds. The molecular weight excluding hydrogens is 385 g/mol. The first-order chi connectivity index (χ1) is 13.0. The molecule has 1 fully saturated rings. The molecule has 5 nitrogen and oxygen atoms in total. The Bertz CT molecular complexity index is 770. The first kappa shape index (κ1) is 20.2. The van der Waals surface area contributed by atoms with Crippen LogP contribution in [-0.4, -0.2) is 41.5 Å². The van der Waals surface area contributed by atoms with Gasteiger partial charge < -0.3 is 14.6 Å². The quantitative estimate of drug-likeness (QED) is 0.727. The number of hydrogen-bond acceptors (Lipinski definition) is 4. The minimum atomic E-state index is 0.0493. The molecule has 0 radical (unpaired) electrons. The van der Waals surface area contributed by atoms with Crippen LogP contribution in [0.2, 0.25) is 10.0 Å². The highest BCUT2D eigenvalue weighted by molar-refractivity contribution is 6.36. The molecule has 0 bridgehead atoms. The molecule has 0 unspecified atom stereocenters. The molecule has 27 heavy (non-hydrogen) atoms. The zero-order valence-corrected chi connectivity index (χ0v) is 17.0. The number of oxazole rings is 1. The summed E-state index contributed by atoms with van der Waals surface area (Å²) in [5, 5.41) is 4.22. The third-order valence-corrected chi connectivity index (χ3v) is 5.36. The van der Waals surface area contributed by atoms with Crippen molar-refractivity contribution in [2.24, 2.45) is 0 Å². The fraction of sp³-hybridized carbons (Fsp3) is 0.500. The third kappa shape index (κ3) is 5.71. The zero-order valence-electron chi connectivity index (χ0n) is 15.5. The van der Waals surface area contributed by atoms with Gasteiger partial charge in [0, 0.05) is 42.6 Å². The van der Waals surface area contributed by atoms with Crippen molar-refractivity contribution in [1.82, 2.24) is 15.2 Å². The Morgan fingerprint density at radius 3 is 2.81 bits per heavy atom. The van der Waals surface area contributed by atoms with E-state index in [-0.39, 0.29) is 11.9 Å². The van der Waals surface area contributed by atoms with Crippen molar-refractivity contribution < 1.29 is 9.21 Å². The number of amides is 1. The van der Waals surface area contributed by atoms with Crippen molar-refractivity contribution in [2.75, 3.05) is 19.6 Å². The van der Waals surface area contributed by atoms with Crippen molar-refractivity contribution in [3.05, 3.63) is 40.3 Å². The summed E-state index contributed by atoms with van der Waals surface area (Å²) >= 11 is 12.1. The average molecular weight is 410 g/mol. The lowest BCUT2D eigenvalue weighted by atomic mass is 10.0. The number of halogens is 2. The topological polar surface area (TPSA) is 58.4 Å². The molecule has 1 aromatic carbocycles. The Balaban J connectivity index is 1.46. The number of carbonyl (C=O) groups excluding carboxylic acids is 1. The first-order valence-electron chi connectivity index (χ1n) is 9.47. The molecule has 0 atom stereocenters. The minimum absolute atomic E-state index is 0.0493. The van der Waals surface area contributed by atoms with E-state index >= 15 is 0 Å². The van der Waals surface area contributed by atoms with Crippen LogP contribution in [0, 0.1) is 0 Å². The van der Waals surface area contributed by atoms with Gasteiger partial charge in [-0.15, -0.1) is 0 Å². The molecule has 1 saturated heterocycles. The molecule has 2 heterocycles. The van der Waals surface area contributed by atoms with E-state index in [4.69, 9.17) is 27.6 Å². The van der Waals surface area contributed by atoms with Crippen LogP contribution < -0.4 is 5.32 Å². The van der Waals surface area contributed by atoms with Gasteiger partial charge in [0.2, 0.25) is 5.91 Å². The largest absolute Gasteiger partial charge is 0.441 e. The van der Waals surface area contributed by atoms with E-state index in [1.54, 1.807) is 24.4 Å². The summed E-state index contributed by atoms with van der Waals surface area (Å²) in [4.78, 5) is 18.9. The molecule has 7 heteroatoms. The van der Waals surface area contributed by atoms with E-state index in [2.05, 4.69) is 22.1 Å². The van der Waals surface area contributed by atoms with Crippen molar-refractivity contribution in [3.8, 4) is 11.3 Å². The van der Waals surface area contributed by atoms with Crippen LogP contribution in [0.5, 0.6) is 0 Å². The lowest BCUT2D eigenvalue weighted by Gasteiger charge is -2.32. The summed E-state index contributed by atoms with van der Waals surface area (Å²) in [5.74, 6) is 1.16. The monoisotopic (exact) mass is 409 g/mol. The number of nitrogens with one attached hydrogen (secondary N) is 1. The molecule has 1 aliphatic rings.